The number of halogens is 4. The minimum Gasteiger partial charge on any atom is -0.207 e. The van der Waals surface area contributed by atoms with E-state index >= 15 is 0 Å². The summed E-state index contributed by atoms with van der Waals surface area (Å²) in [7, 11) is 0. The minimum absolute atomic E-state index is 0.217. The van der Waals surface area contributed by atoms with E-state index in [1.807, 2.05) is 30.3 Å². The Kier molecular flexibility index (Phi) is 6.09. The third-order valence-corrected chi connectivity index (χ3v) is 5.19. The van der Waals surface area contributed by atoms with Gasteiger partial charge in [0.15, 0.2) is 0 Å². The van der Waals surface area contributed by atoms with Crippen molar-refractivity contribution in [2.24, 2.45) is 5.41 Å². The van der Waals surface area contributed by atoms with E-state index in [0.717, 1.165) is 16.5 Å². The molecule has 112 valence electrons. The van der Waals surface area contributed by atoms with Gasteiger partial charge in [-0.05, 0) is 42.2 Å². The molecule has 0 spiro atoms. The second-order valence-electron chi connectivity index (χ2n) is 5.34. The lowest BCUT2D eigenvalue weighted by Crippen LogP contribution is -2.31. The lowest BCUT2D eigenvalue weighted by atomic mass is 9.79. The molecule has 0 atom stereocenters. The highest BCUT2D eigenvalue weighted by molar-refractivity contribution is 9.10. The first-order valence-corrected chi connectivity index (χ1v) is 8.54. The van der Waals surface area contributed by atoms with Gasteiger partial charge in [-0.1, -0.05) is 46.3 Å². The summed E-state index contributed by atoms with van der Waals surface area (Å²) < 4.78 is 14.9. The summed E-state index contributed by atoms with van der Waals surface area (Å²) in [5.74, 6) is 0.556. The first-order valence-electron chi connectivity index (χ1n) is 6.68. The number of rotatable bonds is 6. The SMILES string of the molecule is Fc1ccc(Br)cc1CC(CCl)(CCl)Cc1ccccc1. The smallest absolute Gasteiger partial charge is 0.126 e. The van der Waals surface area contributed by atoms with Crippen LogP contribution in [0, 0.1) is 11.2 Å². The molecule has 0 saturated heterocycles. The molecular formula is C17H16BrCl2F. The largest absolute Gasteiger partial charge is 0.207 e. The standard InChI is InChI=1S/C17H16BrCl2F/c18-15-6-7-16(21)14(8-15)10-17(11-19,12-20)9-13-4-2-1-3-5-13/h1-8H,9-12H2. The van der Waals surface area contributed by atoms with Crippen molar-refractivity contribution in [2.75, 3.05) is 11.8 Å². The summed E-state index contributed by atoms with van der Waals surface area (Å²) in [6, 6.07) is 15.0. The van der Waals surface area contributed by atoms with Crippen LogP contribution in [0.1, 0.15) is 11.1 Å². The zero-order chi connectivity index (χ0) is 15.3. The van der Waals surface area contributed by atoms with Crippen LogP contribution >= 0.6 is 39.1 Å². The van der Waals surface area contributed by atoms with E-state index in [1.54, 1.807) is 12.1 Å². The number of alkyl halides is 2. The van der Waals surface area contributed by atoms with Crippen LogP contribution in [-0.4, -0.2) is 11.8 Å². The molecular weight excluding hydrogens is 374 g/mol. The lowest BCUT2D eigenvalue weighted by molar-refractivity contribution is 0.367. The highest BCUT2D eigenvalue weighted by Crippen LogP contribution is 2.32. The Labute approximate surface area is 143 Å². The molecule has 0 aliphatic heterocycles. The number of benzene rings is 2. The van der Waals surface area contributed by atoms with Crippen molar-refractivity contribution < 1.29 is 4.39 Å². The molecule has 0 aliphatic rings. The summed E-state index contributed by atoms with van der Waals surface area (Å²) in [5, 5.41) is 0. The van der Waals surface area contributed by atoms with Crippen LogP contribution in [0.2, 0.25) is 0 Å². The topological polar surface area (TPSA) is 0 Å². The molecule has 21 heavy (non-hydrogen) atoms. The van der Waals surface area contributed by atoms with Gasteiger partial charge in [-0.15, -0.1) is 23.2 Å². The Morgan fingerprint density at radius 3 is 2.24 bits per heavy atom. The van der Waals surface area contributed by atoms with Crippen LogP contribution in [0.25, 0.3) is 0 Å². The van der Waals surface area contributed by atoms with Gasteiger partial charge in [-0.25, -0.2) is 4.39 Å². The normalized spacial score (nSPS) is 11.6. The average Bonchev–Trinajstić information content (AvgIpc) is 2.51. The number of hydrogen-bond donors (Lipinski definition) is 0. The van der Waals surface area contributed by atoms with Crippen LogP contribution in [0.5, 0.6) is 0 Å². The molecule has 0 fully saturated rings. The van der Waals surface area contributed by atoms with E-state index in [9.17, 15) is 4.39 Å². The lowest BCUT2D eigenvalue weighted by Gasteiger charge is -2.30. The highest BCUT2D eigenvalue weighted by atomic mass is 79.9. The zero-order valence-electron chi connectivity index (χ0n) is 11.5. The Morgan fingerprint density at radius 1 is 0.952 bits per heavy atom. The van der Waals surface area contributed by atoms with Gasteiger partial charge >= 0.3 is 0 Å². The highest BCUT2D eigenvalue weighted by Gasteiger charge is 2.30. The van der Waals surface area contributed by atoms with Gasteiger partial charge in [0.25, 0.3) is 0 Å². The first kappa shape index (κ1) is 16.8. The maximum Gasteiger partial charge on any atom is 0.126 e. The van der Waals surface area contributed by atoms with Crippen molar-refractivity contribution in [3.63, 3.8) is 0 Å². The van der Waals surface area contributed by atoms with Gasteiger partial charge in [0.1, 0.15) is 5.82 Å². The quantitative estimate of drug-likeness (QED) is 0.544. The summed E-state index contributed by atoms with van der Waals surface area (Å²) in [5.41, 5.74) is 1.45. The molecule has 0 aromatic heterocycles. The monoisotopic (exact) mass is 388 g/mol. The molecule has 0 N–H and O–H groups in total. The summed E-state index contributed by atoms with van der Waals surface area (Å²) in [4.78, 5) is 0. The van der Waals surface area contributed by atoms with Crippen molar-refractivity contribution in [1.29, 1.82) is 0 Å². The predicted molar refractivity (Wildman–Crippen MR) is 91.8 cm³/mol. The summed E-state index contributed by atoms with van der Waals surface area (Å²) in [6.07, 6.45) is 1.24. The van der Waals surface area contributed by atoms with E-state index < -0.39 is 0 Å². The predicted octanol–water partition coefficient (Wildman–Crippen LogP) is 5.84. The van der Waals surface area contributed by atoms with Crippen molar-refractivity contribution in [2.45, 2.75) is 12.8 Å². The molecule has 2 aromatic carbocycles. The summed E-state index contributed by atoms with van der Waals surface area (Å²) >= 11 is 15.8. The van der Waals surface area contributed by atoms with Gasteiger partial charge < -0.3 is 0 Å². The average molecular weight is 390 g/mol. The van der Waals surface area contributed by atoms with E-state index in [0.29, 0.717) is 23.7 Å². The molecule has 2 aromatic rings. The van der Waals surface area contributed by atoms with Crippen LogP contribution < -0.4 is 0 Å². The number of hydrogen-bond acceptors (Lipinski definition) is 0. The van der Waals surface area contributed by atoms with Crippen LogP contribution in [0.15, 0.2) is 53.0 Å². The maximum atomic E-state index is 14.0. The Hall–Kier alpha value is -0.570. The van der Waals surface area contributed by atoms with Crippen molar-refractivity contribution >= 4 is 39.1 Å². The molecule has 0 aliphatic carbocycles. The molecule has 0 amide bonds. The molecule has 0 nitrogen and oxygen atoms in total. The van der Waals surface area contributed by atoms with Crippen molar-refractivity contribution in [3.8, 4) is 0 Å². The van der Waals surface area contributed by atoms with Crippen LogP contribution in [-0.2, 0) is 12.8 Å². The third kappa shape index (κ3) is 4.45. The molecule has 0 radical (unpaired) electrons. The van der Waals surface area contributed by atoms with E-state index in [-0.39, 0.29) is 11.2 Å². The van der Waals surface area contributed by atoms with Crippen molar-refractivity contribution in [3.05, 3.63) is 69.9 Å². The van der Waals surface area contributed by atoms with Gasteiger partial charge in [0.2, 0.25) is 0 Å². The van der Waals surface area contributed by atoms with Gasteiger partial charge in [-0.2, -0.15) is 0 Å². The molecule has 4 heteroatoms. The second-order valence-corrected chi connectivity index (χ2v) is 6.79. The Morgan fingerprint density at radius 2 is 1.62 bits per heavy atom. The Balaban J connectivity index is 2.27. The molecule has 0 bridgehead atoms. The van der Waals surface area contributed by atoms with Gasteiger partial charge in [-0.3, -0.25) is 0 Å². The van der Waals surface area contributed by atoms with E-state index in [2.05, 4.69) is 15.9 Å². The summed E-state index contributed by atoms with van der Waals surface area (Å²) in [6.45, 7) is 0. The van der Waals surface area contributed by atoms with E-state index in [1.165, 1.54) is 6.07 Å². The van der Waals surface area contributed by atoms with E-state index in [4.69, 9.17) is 23.2 Å². The maximum absolute atomic E-state index is 14.0. The molecule has 2 rings (SSSR count). The molecule has 0 unspecified atom stereocenters. The van der Waals surface area contributed by atoms with Gasteiger partial charge in [0.05, 0.1) is 0 Å². The first-order chi connectivity index (χ1) is 10.1. The zero-order valence-corrected chi connectivity index (χ0v) is 14.6. The minimum atomic E-state index is -0.355. The molecule has 0 heterocycles. The van der Waals surface area contributed by atoms with Crippen LogP contribution in [0.4, 0.5) is 4.39 Å². The molecule has 0 saturated carbocycles. The fourth-order valence-corrected chi connectivity index (χ4v) is 3.47. The van der Waals surface area contributed by atoms with Crippen LogP contribution in [0.3, 0.4) is 0 Å². The van der Waals surface area contributed by atoms with Crippen molar-refractivity contribution in [1.82, 2.24) is 0 Å². The third-order valence-electron chi connectivity index (χ3n) is 3.56. The fraction of sp³-hybridized carbons (Fsp3) is 0.294. The Bertz CT molecular complexity index is 583. The van der Waals surface area contributed by atoms with Gasteiger partial charge in [0, 0.05) is 21.6 Å². The second kappa shape index (κ2) is 7.62. The fourth-order valence-electron chi connectivity index (χ4n) is 2.40.